The van der Waals surface area contributed by atoms with Crippen molar-refractivity contribution in [3.8, 4) is 5.75 Å². The molecule has 27 heavy (non-hydrogen) atoms. The third kappa shape index (κ3) is 4.41. The summed E-state index contributed by atoms with van der Waals surface area (Å²) in [6, 6.07) is 15.3. The second-order valence-electron chi connectivity index (χ2n) is 6.32. The first-order valence-electron chi connectivity index (χ1n) is 8.71. The summed E-state index contributed by atoms with van der Waals surface area (Å²) in [6.45, 7) is 4.18. The molecule has 1 aromatic heterocycles. The molecule has 0 saturated heterocycles. The summed E-state index contributed by atoms with van der Waals surface area (Å²) < 4.78 is 5.29. The molecule has 0 bridgehead atoms. The molecule has 0 fully saturated rings. The summed E-state index contributed by atoms with van der Waals surface area (Å²) in [5, 5.41) is 6.02. The highest BCUT2D eigenvalue weighted by Crippen LogP contribution is 2.26. The molecule has 3 aromatic rings. The maximum atomic E-state index is 12.5. The number of carbonyl (C=O) groups excluding carboxylic acids is 1. The van der Waals surface area contributed by atoms with Crippen LogP contribution in [-0.2, 0) is 0 Å². The molecule has 0 radical (unpaired) electrons. The zero-order chi connectivity index (χ0) is 19.2. The number of hydrogen-bond acceptors (Lipinski definition) is 5. The van der Waals surface area contributed by atoms with Gasteiger partial charge in [-0.25, -0.2) is 9.97 Å². The molecule has 0 aliphatic heterocycles. The number of rotatable bonds is 6. The molecule has 6 heteroatoms. The molecule has 0 aliphatic rings. The van der Waals surface area contributed by atoms with Gasteiger partial charge in [-0.05, 0) is 29.7 Å². The lowest BCUT2D eigenvalue weighted by atomic mass is 10.0. The van der Waals surface area contributed by atoms with E-state index in [9.17, 15) is 4.79 Å². The molecule has 6 nitrogen and oxygen atoms in total. The van der Waals surface area contributed by atoms with Gasteiger partial charge >= 0.3 is 0 Å². The van der Waals surface area contributed by atoms with E-state index in [0.29, 0.717) is 23.2 Å². The minimum Gasteiger partial charge on any atom is -0.495 e. The zero-order valence-corrected chi connectivity index (χ0v) is 15.6. The summed E-state index contributed by atoms with van der Waals surface area (Å²) in [5.41, 5.74) is 3.03. The number of carbonyl (C=O) groups is 1. The van der Waals surface area contributed by atoms with Crippen molar-refractivity contribution in [3.63, 3.8) is 0 Å². The summed E-state index contributed by atoms with van der Waals surface area (Å²) in [4.78, 5) is 21.0. The van der Waals surface area contributed by atoms with Gasteiger partial charge in [-0.3, -0.25) is 4.79 Å². The lowest BCUT2D eigenvalue weighted by Crippen LogP contribution is -2.14. The minimum atomic E-state index is -0.244. The van der Waals surface area contributed by atoms with Gasteiger partial charge in [-0.15, -0.1) is 0 Å². The van der Waals surface area contributed by atoms with Crippen LogP contribution in [0.25, 0.3) is 0 Å². The lowest BCUT2D eigenvalue weighted by Gasteiger charge is -2.13. The predicted molar refractivity (Wildman–Crippen MR) is 107 cm³/mol. The van der Waals surface area contributed by atoms with Crippen molar-refractivity contribution in [2.24, 2.45) is 0 Å². The fourth-order valence-corrected chi connectivity index (χ4v) is 2.69. The molecule has 2 aromatic carbocycles. The van der Waals surface area contributed by atoms with Crippen LogP contribution in [0.1, 0.15) is 35.7 Å². The number of nitrogens with zero attached hydrogens (tertiary/aromatic N) is 2. The third-order valence-electron chi connectivity index (χ3n) is 4.10. The van der Waals surface area contributed by atoms with Crippen LogP contribution in [0.15, 0.2) is 60.9 Å². The molecule has 0 atom stereocenters. The van der Waals surface area contributed by atoms with Crippen molar-refractivity contribution in [2.75, 3.05) is 17.7 Å². The average Bonchev–Trinajstić information content (AvgIpc) is 2.69. The Bertz CT molecular complexity index is 923. The number of para-hydroxylation sites is 3. The number of methoxy groups -OCH3 is 1. The normalized spacial score (nSPS) is 10.5. The third-order valence-corrected chi connectivity index (χ3v) is 4.10. The molecular formula is C21H22N4O2. The van der Waals surface area contributed by atoms with E-state index in [1.807, 2.05) is 48.5 Å². The fraction of sp³-hybridized carbons (Fsp3) is 0.190. The molecule has 0 aliphatic carbocycles. The van der Waals surface area contributed by atoms with Crippen LogP contribution in [0.5, 0.6) is 5.75 Å². The van der Waals surface area contributed by atoms with Crippen LogP contribution >= 0.6 is 0 Å². The van der Waals surface area contributed by atoms with Gasteiger partial charge in [-0.2, -0.15) is 0 Å². The zero-order valence-electron chi connectivity index (χ0n) is 15.6. The minimum absolute atomic E-state index is 0.244. The molecule has 1 heterocycles. The maximum absolute atomic E-state index is 12.5. The Morgan fingerprint density at radius 3 is 2.26 bits per heavy atom. The van der Waals surface area contributed by atoms with Crippen LogP contribution in [-0.4, -0.2) is 23.0 Å². The van der Waals surface area contributed by atoms with E-state index in [4.69, 9.17) is 4.74 Å². The molecule has 0 saturated carbocycles. The SMILES string of the molecule is COc1ccccc1Nc1ncc(C(=O)Nc2ccccc2C(C)C)cn1. The Morgan fingerprint density at radius 2 is 1.59 bits per heavy atom. The van der Waals surface area contributed by atoms with Gasteiger partial charge in [-0.1, -0.05) is 44.2 Å². The van der Waals surface area contributed by atoms with Crippen LogP contribution < -0.4 is 15.4 Å². The van der Waals surface area contributed by atoms with Crippen molar-refractivity contribution in [2.45, 2.75) is 19.8 Å². The Balaban J connectivity index is 1.73. The summed E-state index contributed by atoms with van der Waals surface area (Å²) >= 11 is 0. The van der Waals surface area contributed by atoms with Gasteiger partial charge in [0.15, 0.2) is 0 Å². The fourth-order valence-electron chi connectivity index (χ4n) is 2.69. The van der Waals surface area contributed by atoms with E-state index in [0.717, 1.165) is 16.9 Å². The number of ether oxygens (including phenoxy) is 1. The van der Waals surface area contributed by atoms with E-state index < -0.39 is 0 Å². The van der Waals surface area contributed by atoms with Gasteiger partial charge < -0.3 is 15.4 Å². The van der Waals surface area contributed by atoms with Gasteiger partial charge in [0.05, 0.1) is 18.4 Å². The summed E-state index contributed by atoms with van der Waals surface area (Å²) in [5.74, 6) is 1.14. The van der Waals surface area contributed by atoms with E-state index >= 15 is 0 Å². The number of anilines is 3. The van der Waals surface area contributed by atoms with Crippen molar-refractivity contribution in [1.82, 2.24) is 9.97 Å². The number of amides is 1. The van der Waals surface area contributed by atoms with E-state index in [1.165, 1.54) is 12.4 Å². The van der Waals surface area contributed by atoms with Crippen molar-refractivity contribution >= 4 is 23.2 Å². The second-order valence-corrected chi connectivity index (χ2v) is 6.32. The monoisotopic (exact) mass is 362 g/mol. The van der Waals surface area contributed by atoms with E-state index in [-0.39, 0.29) is 5.91 Å². The number of nitrogens with one attached hydrogen (secondary N) is 2. The standard InChI is InChI=1S/C21H22N4O2/c1-14(2)16-8-4-5-9-17(16)24-20(26)15-12-22-21(23-13-15)25-18-10-6-7-11-19(18)27-3/h4-14H,1-3H3,(H,24,26)(H,22,23,25). The lowest BCUT2D eigenvalue weighted by molar-refractivity contribution is 0.102. The molecule has 0 spiro atoms. The van der Waals surface area contributed by atoms with Crippen LogP contribution in [0.4, 0.5) is 17.3 Å². The predicted octanol–water partition coefficient (Wildman–Crippen LogP) is 4.60. The summed E-state index contributed by atoms with van der Waals surface area (Å²) in [6.07, 6.45) is 3.00. The second kappa shape index (κ2) is 8.31. The Morgan fingerprint density at radius 1 is 0.963 bits per heavy atom. The van der Waals surface area contributed by atoms with Gasteiger partial charge in [0.25, 0.3) is 5.91 Å². The Kier molecular flexibility index (Phi) is 5.66. The highest BCUT2D eigenvalue weighted by atomic mass is 16.5. The first kappa shape index (κ1) is 18.4. The summed E-state index contributed by atoms with van der Waals surface area (Å²) in [7, 11) is 1.60. The first-order chi connectivity index (χ1) is 13.1. The number of hydrogen-bond donors (Lipinski definition) is 2. The largest absolute Gasteiger partial charge is 0.495 e. The van der Waals surface area contributed by atoms with Crippen molar-refractivity contribution in [3.05, 3.63) is 72.1 Å². The molecule has 0 unspecified atom stereocenters. The van der Waals surface area contributed by atoms with Crippen LogP contribution in [0, 0.1) is 0 Å². The maximum Gasteiger partial charge on any atom is 0.258 e. The van der Waals surface area contributed by atoms with Crippen molar-refractivity contribution in [1.29, 1.82) is 0 Å². The highest BCUT2D eigenvalue weighted by Gasteiger charge is 2.12. The topological polar surface area (TPSA) is 76.1 Å². The van der Waals surface area contributed by atoms with Gasteiger partial charge in [0, 0.05) is 18.1 Å². The number of aromatic nitrogens is 2. The number of benzene rings is 2. The van der Waals surface area contributed by atoms with Gasteiger partial charge in [0.1, 0.15) is 5.75 Å². The van der Waals surface area contributed by atoms with E-state index in [1.54, 1.807) is 7.11 Å². The molecule has 138 valence electrons. The van der Waals surface area contributed by atoms with E-state index in [2.05, 4.69) is 34.4 Å². The first-order valence-corrected chi connectivity index (χ1v) is 8.71. The van der Waals surface area contributed by atoms with Crippen LogP contribution in [0.3, 0.4) is 0 Å². The van der Waals surface area contributed by atoms with Gasteiger partial charge in [0.2, 0.25) is 5.95 Å². The van der Waals surface area contributed by atoms with Crippen molar-refractivity contribution < 1.29 is 9.53 Å². The Labute approximate surface area is 158 Å². The average molecular weight is 362 g/mol. The Hall–Kier alpha value is -3.41. The smallest absolute Gasteiger partial charge is 0.258 e. The van der Waals surface area contributed by atoms with Crippen LogP contribution in [0.2, 0.25) is 0 Å². The molecule has 1 amide bonds. The molecule has 3 rings (SSSR count). The quantitative estimate of drug-likeness (QED) is 0.670. The highest BCUT2D eigenvalue weighted by molar-refractivity contribution is 6.04. The molecular weight excluding hydrogens is 340 g/mol. The molecule has 2 N–H and O–H groups in total.